The number of nitrogens with two attached hydrogens (primary N) is 1. The highest BCUT2D eigenvalue weighted by atomic mass is 16.6. The first-order chi connectivity index (χ1) is 12.1. The lowest BCUT2D eigenvalue weighted by molar-refractivity contribution is -0.155. The number of amides is 2. The van der Waals surface area contributed by atoms with E-state index in [0.717, 1.165) is 0 Å². The van der Waals surface area contributed by atoms with Crippen LogP contribution in [-0.2, 0) is 19.1 Å². The average molecular weight is 371 g/mol. The van der Waals surface area contributed by atoms with E-state index in [0.29, 0.717) is 32.7 Å². The molecule has 1 aliphatic heterocycles. The molecule has 1 heterocycles. The lowest BCUT2D eigenvalue weighted by atomic mass is 10.1. The Labute approximate surface area is 156 Å². The number of carbonyl (C=O) groups excluding carboxylic acids is 3. The van der Waals surface area contributed by atoms with E-state index in [1.807, 2.05) is 6.92 Å². The first-order valence-corrected chi connectivity index (χ1v) is 9.28. The van der Waals surface area contributed by atoms with Crippen molar-refractivity contribution < 1.29 is 23.9 Å². The molecule has 1 aliphatic rings. The summed E-state index contributed by atoms with van der Waals surface area (Å²) in [7, 11) is 0. The zero-order chi connectivity index (χ0) is 19.9. The molecule has 26 heavy (non-hydrogen) atoms. The molecule has 2 amide bonds. The van der Waals surface area contributed by atoms with Gasteiger partial charge in [0.15, 0.2) is 0 Å². The standard InChI is InChI=1S/C18H33N3O5/c1-6-13-12-20(17(24)25-7-2)10-11-21(13)16(23)14(19)8-9-15(22)26-18(3,4)5/h13-14H,6-12,19H2,1-5H3. The third kappa shape index (κ3) is 6.82. The van der Waals surface area contributed by atoms with Gasteiger partial charge in [-0.05, 0) is 40.5 Å². The fourth-order valence-corrected chi connectivity index (χ4v) is 2.88. The fourth-order valence-electron chi connectivity index (χ4n) is 2.88. The van der Waals surface area contributed by atoms with Gasteiger partial charge < -0.3 is 25.0 Å². The second-order valence-corrected chi connectivity index (χ2v) is 7.47. The minimum Gasteiger partial charge on any atom is -0.460 e. The van der Waals surface area contributed by atoms with Crippen LogP contribution in [0, 0.1) is 0 Å². The molecule has 0 saturated carbocycles. The quantitative estimate of drug-likeness (QED) is 0.710. The zero-order valence-corrected chi connectivity index (χ0v) is 16.6. The minimum atomic E-state index is -0.759. The highest BCUT2D eigenvalue weighted by Crippen LogP contribution is 2.16. The smallest absolute Gasteiger partial charge is 0.409 e. The van der Waals surface area contributed by atoms with Gasteiger partial charge in [0.2, 0.25) is 5.91 Å². The van der Waals surface area contributed by atoms with Crippen LogP contribution < -0.4 is 5.73 Å². The van der Waals surface area contributed by atoms with E-state index in [1.165, 1.54) is 0 Å². The van der Waals surface area contributed by atoms with Crippen LogP contribution in [0.15, 0.2) is 0 Å². The first-order valence-electron chi connectivity index (χ1n) is 9.28. The summed E-state index contributed by atoms with van der Waals surface area (Å²) in [5.74, 6) is -0.552. The van der Waals surface area contributed by atoms with Gasteiger partial charge in [0, 0.05) is 32.1 Å². The summed E-state index contributed by atoms with van der Waals surface area (Å²) in [4.78, 5) is 39.7. The van der Waals surface area contributed by atoms with Gasteiger partial charge in [0.1, 0.15) is 5.60 Å². The Balaban J connectivity index is 2.57. The van der Waals surface area contributed by atoms with Crippen LogP contribution in [0.25, 0.3) is 0 Å². The second-order valence-electron chi connectivity index (χ2n) is 7.47. The molecule has 2 N–H and O–H groups in total. The molecule has 150 valence electrons. The average Bonchev–Trinajstić information content (AvgIpc) is 2.57. The van der Waals surface area contributed by atoms with Crippen molar-refractivity contribution in [3.05, 3.63) is 0 Å². The zero-order valence-electron chi connectivity index (χ0n) is 16.6. The van der Waals surface area contributed by atoms with Crippen LogP contribution >= 0.6 is 0 Å². The van der Waals surface area contributed by atoms with Gasteiger partial charge in [-0.15, -0.1) is 0 Å². The van der Waals surface area contributed by atoms with Crippen molar-refractivity contribution in [3.8, 4) is 0 Å². The topological polar surface area (TPSA) is 102 Å². The normalized spacial score (nSPS) is 19.1. The number of hydrogen-bond donors (Lipinski definition) is 1. The van der Waals surface area contributed by atoms with Crippen LogP contribution in [-0.4, -0.2) is 71.7 Å². The molecule has 8 nitrogen and oxygen atoms in total. The lowest BCUT2D eigenvalue weighted by Gasteiger charge is -2.41. The largest absolute Gasteiger partial charge is 0.460 e. The molecule has 0 radical (unpaired) electrons. The summed E-state index contributed by atoms with van der Waals surface area (Å²) in [6, 6.07) is -0.862. The Morgan fingerprint density at radius 3 is 2.38 bits per heavy atom. The molecule has 0 spiro atoms. The van der Waals surface area contributed by atoms with Gasteiger partial charge in [0.25, 0.3) is 0 Å². The second kappa shape index (κ2) is 9.75. The van der Waals surface area contributed by atoms with E-state index in [1.54, 1.807) is 37.5 Å². The van der Waals surface area contributed by atoms with Crippen molar-refractivity contribution in [2.45, 2.75) is 71.6 Å². The first kappa shape index (κ1) is 22.2. The van der Waals surface area contributed by atoms with Gasteiger partial charge in [-0.25, -0.2) is 4.79 Å². The molecule has 0 aromatic heterocycles. The summed E-state index contributed by atoms with van der Waals surface area (Å²) in [6.07, 6.45) is 0.694. The molecule has 0 aromatic carbocycles. The maximum Gasteiger partial charge on any atom is 0.409 e. The minimum absolute atomic E-state index is 0.101. The van der Waals surface area contributed by atoms with Gasteiger partial charge in [-0.3, -0.25) is 9.59 Å². The van der Waals surface area contributed by atoms with E-state index in [9.17, 15) is 14.4 Å². The van der Waals surface area contributed by atoms with Gasteiger partial charge >= 0.3 is 12.1 Å². The molecule has 2 unspecified atom stereocenters. The number of esters is 1. The van der Waals surface area contributed by atoms with E-state index >= 15 is 0 Å². The molecule has 1 rings (SSSR count). The predicted octanol–water partition coefficient (Wildman–Crippen LogP) is 1.51. The number of nitrogens with zero attached hydrogens (tertiary/aromatic N) is 2. The van der Waals surface area contributed by atoms with Crippen molar-refractivity contribution >= 4 is 18.0 Å². The number of piperazine rings is 1. The highest BCUT2D eigenvalue weighted by Gasteiger charge is 2.34. The molecule has 2 atom stereocenters. The van der Waals surface area contributed by atoms with Crippen molar-refractivity contribution in [3.63, 3.8) is 0 Å². The third-order valence-electron chi connectivity index (χ3n) is 4.16. The highest BCUT2D eigenvalue weighted by molar-refractivity contribution is 5.83. The number of hydrogen-bond acceptors (Lipinski definition) is 6. The monoisotopic (exact) mass is 371 g/mol. The van der Waals surface area contributed by atoms with Crippen LogP contribution in [0.1, 0.15) is 53.9 Å². The Kier molecular flexibility index (Phi) is 8.33. The van der Waals surface area contributed by atoms with Crippen molar-refractivity contribution in [1.29, 1.82) is 0 Å². The molecular formula is C18H33N3O5. The number of rotatable bonds is 6. The molecule has 1 fully saturated rings. The Morgan fingerprint density at radius 1 is 1.19 bits per heavy atom. The van der Waals surface area contributed by atoms with E-state index in [-0.39, 0.29) is 36.9 Å². The van der Waals surface area contributed by atoms with Crippen molar-refractivity contribution in [2.24, 2.45) is 5.73 Å². The van der Waals surface area contributed by atoms with E-state index < -0.39 is 11.6 Å². The summed E-state index contributed by atoms with van der Waals surface area (Å²) in [5.41, 5.74) is 5.46. The van der Waals surface area contributed by atoms with Crippen molar-refractivity contribution in [2.75, 3.05) is 26.2 Å². The van der Waals surface area contributed by atoms with Crippen molar-refractivity contribution in [1.82, 2.24) is 9.80 Å². The summed E-state index contributed by atoms with van der Waals surface area (Å²) in [6.45, 7) is 10.7. The van der Waals surface area contributed by atoms with Crippen LogP contribution in [0.4, 0.5) is 4.79 Å². The molecule has 1 saturated heterocycles. The van der Waals surface area contributed by atoms with Crippen LogP contribution in [0.2, 0.25) is 0 Å². The molecule has 0 bridgehead atoms. The maximum atomic E-state index is 12.7. The van der Waals surface area contributed by atoms with Gasteiger partial charge in [0.05, 0.1) is 12.6 Å². The van der Waals surface area contributed by atoms with Crippen LogP contribution in [0.3, 0.4) is 0 Å². The molecule has 0 aromatic rings. The van der Waals surface area contributed by atoms with Gasteiger partial charge in [-0.1, -0.05) is 6.92 Å². The van der Waals surface area contributed by atoms with Crippen LogP contribution in [0.5, 0.6) is 0 Å². The Hall–Kier alpha value is -1.83. The summed E-state index contributed by atoms with van der Waals surface area (Å²) >= 11 is 0. The number of carbonyl (C=O) groups is 3. The lowest BCUT2D eigenvalue weighted by Crippen LogP contribution is -2.59. The van der Waals surface area contributed by atoms with E-state index in [4.69, 9.17) is 15.2 Å². The summed E-state index contributed by atoms with van der Waals surface area (Å²) < 4.78 is 10.3. The predicted molar refractivity (Wildman–Crippen MR) is 97.4 cm³/mol. The Morgan fingerprint density at radius 2 is 1.85 bits per heavy atom. The van der Waals surface area contributed by atoms with Gasteiger partial charge in [-0.2, -0.15) is 0 Å². The maximum absolute atomic E-state index is 12.7. The van der Waals surface area contributed by atoms with E-state index in [2.05, 4.69) is 0 Å². The third-order valence-corrected chi connectivity index (χ3v) is 4.16. The number of ether oxygens (including phenoxy) is 2. The molecule has 8 heteroatoms. The molecule has 0 aliphatic carbocycles. The molecular weight excluding hydrogens is 338 g/mol. The SMILES string of the molecule is CCOC(=O)N1CCN(C(=O)C(N)CCC(=O)OC(C)(C)C)C(CC)C1. The fraction of sp³-hybridized carbons (Fsp3) is 0.833. The summed E-state index contributed by atoms with van der Waals surface area (Å²) in [5, 5.41) is 0. The Bertz CT molecular complexity index is 504.